The molecule has 0 bridgehead atoms. The molecule has 0 saturated heterocycles. The molecule has 0 atom stereocenters. The molecule has 2 amide bonds. The summed E-state index contributed by atoms with van der Waals surface area (Å²) in [7, 11) is 0. The van der Waals surface area contributed by atoms with Crippen molar-refractivity contribution in [2.24, 2.45) is 5.41 Å². The summed E-state index contributed by atoms with van der Waals surface area (Å²) in [6, 6.07) is 0. The quantitative estimate of drug-likeness (QED) is 0.433. The van der Waals surface area contributed by atoms with Crippen molar-refractivity contribution in [3.8, 4) is 0 Å². The molecule has 0 fully saturated rings. The van der Waals surface area contributed by atoms with Crippen LogP contribution < -0.4 is 10.6 Å². The van der Waals surface area contributed by atoms with Crippen molar-refractivity contribution in [1.29, 1.82) is 0 Å². The smallest absolute Gasteiger partial charge is 0.246 e. The molecule has 6 nitrogen and oxygen atoms in total. The van der Waals surface area contributed by atoms with Crippen molar-refractivity contribution in [3.63, 3.8) is 0 Å². The minimum atomic E-state index is -0.312. The second-order valence-electron chi connectivity index (χ2n) is 7.95. The molecule has 0 aliphatic rings. The van der Waals surface area contributed by atoms with Gasteiger partial charge in [0.05, 0.1) is 6.10 Å². The molecule has 0 spiro atoms. The van der Waals surface area contributed by atoms with E-state index >= 15 is 0 Å². The number of hydrogen-bond acceptors (Lipinski definition) is 4. The van der Waals surface area contributed by atoms with Gasteiger partial charge in [0.2, 0.25) is 11.8 Å². The van der Waals surface area contributed by atoms with Crippen molar-refractivity contribution in [1.82, 2.24) is 10.6 Å². The Morgan fingerprint density at radius 1 is 0.846 bits per heavy atom. The lowest BCUT2D eigenvalue weighted by atomic mass is 9.96. The largest absolute Gasteiger partial charge is 0.381 e. The number of nitrogens with one attached hydrogen (secondary N) is 2. The van der Waals surface area contributed by atoms with E-state index in [2.05, 4.69) is 10.6 Å². The lowest BCUT2D eigenvalue weighted by molar-refractivity contribution is -0.128. The van der Waals surface area contributed by atoms with Crippen LogP contribution in [0.15, 0.2) is 0 Å². The van der Waals surface area contributed by atoms with Crippen LogP contribution in [-0.2, 0) is 19.1 Å². The van der Waals surface area contributed by atoms with Crippen LogP contribution >= 0.6 is 0 Å². The monoisotopic (exact) mass is 372 g/mol. The number of ether oxygens (including phenoxy) is 2. The first kappa shape index (κ1) is 24.9. The average Bonchev–Trinajstić information content (AvgIpc) is 2.56. The molecule has 6 heteroatoms. The van der Waals surface area contributed by atoms with Crippen LogP contribution in [0.1, 0.15) is 73.1 Å². The number of hydrogen-bond donors (Lipinski definition) is 2. The van der Waals surface area contributed by atoms with E-state index in [1.165, 1.54) is 0 Å². The van der Waals surface area contributed by atoms with Crippen molar-refractivity contribution >= 4 is 11.8 Å². The Morgan fingerprint density at radius 2 is 1.38 bits per heavy atom. The zero-order chi connectivity index (χ0) is 19.8. The lowest BCUT2D eigenvalue weighted by Gasteiger charge is -2.17. The third kappa shape index (κ3) is 16.3. The SMILES string of the molecule is CC(C)OCC(=O)NCCCCCOCCCCCNC(=O)C(C)(C)C. The Morgan fingerprint density at radius 3 is 1.88 bits per heavy atom. The molecule has 0 heterocycles. The van der Waals surface area contributed by atoms with Crippen LogP contribution in [-0.4, -0.2) is 50.8 Å². The van der Waals surface area contributed by atoms with Gasteiger partial charge >= 0.3 is 0 Å². The van der Waals surface area contributed by atoms with E-state index in [-0.39, 0.29) is 29.9 Å². The number of unbranched alkanes of at least 4 members (excludes halogenated alkanes) is 4. The van der Waals surface area contributed by atoms with Gasteiger partial charge in [-0.3, -0.25) is 9.59 Å². The van der Waals surface area contributed by atoms with Crippen molar-refractivity contribution in [3.05, 3.63) is 0 Å². The molecule has 0 aromatic carbocycles. The van der Waals surface area contributed by atoms with E-state index in [0.717, 1.165) is 58.3 Å². The molecule has 0 aromatic heterocycles. The third-order valence-electron chi connectivity index (χ3n) is 3.77. The summed E-state index contributed by atoms with van der Waals surface area (Å²) in [5.41, 5.74) is -0.312. The summed E-state index contributed by atoms with van der Waals surface area (Å²) in [5.74, 6) is 0.0611. The van der Waals surface area contributed by atoms with E-state index in [0.29, 0.717) is 6.54 Å². The van der Waals surface area contributed by atoms with Gasteiger partial charge in [-0.1, -0.05) is 20.8 Å². The molecular formula is C20H40N2O4. The Labute approximate surface area is 159 Å². The van der Waals surface area contributed by atoms with Crippen LogP contribution in [0.2, 0.25) is 0 Å². The van der Waals surface area contributed by atoms with Gasteiger partial charge in [0.1, 0.15) is 6.61 Å². The summed E-state index contributed by atoms with van der Waals surface area (Å²) in [4.78, 5) is 23.1. The van der Waals surface area contributed by atoms with Gasteiger partial charge in [-0.15, -0.1) is 0 Å². The summed E-state index contributed by atoms with van der Waals surface area (Å²) in [6.07, 6.45) is 6.19. The van der Waals surface area contributed by atoms with Gasteiger partial charge in [-0.05, 0) is 52.4 Å². The van der Waals surface area contributed by atoms with Crippen molar-refractivity contribution in [2.45, 2.75) is 79.2 Å². The number of amides is 2. The molecule has 0 rings (SSSR count). The van der Waals surface area contributed by atoms with E-state index in [9.17, 15) is 9.59 Å². The van der Waals surface area contributed by atoms with Crippen LogP contribution in [0.5, 0.6) is 0 Å². The zero-order valence-electron chi connectivity index (χ0n) is 17.5. The van der Waals surface area contributed by atoms with Crippen molar-refractivity contribution < 1.29 is 19.1 Å². The highest BCUT2D eigenvalue weighted by Gasteiger charge is 2.19. The Balaban J connectivity index is 3.25. The zero-order valence-corrected chi connectivity index (χ0v) is 17.5. The maximum atomic E-state index is 11.7. The fourth-order valence-corrected chi connectivity index (χ4v) is 2.10. The Kier molecular flexibility index (Phi) is 14.3. The van der Waals surface area contributed by atoms with Crippen LogP contribution in [0.3, 0.4) is 0 Å². The summed E-state index contributed by atoms with van der Waals surface area (Å²) < 4.78 is 10.8. The molecule has 0 saturated carbocycles. The second kappa shape index (κ2) is 15.0. The topological polar surface area (TPSA) is 76.7 Å². The maximum Gasteiger partial charge on any atom is 0.246 e. The standard InChI is InChI=1S/C20H40N2O4/c1-17(2)26-16-18(23)21-12-8-6-10-14-25-15-11-7-9-13-22-19(24)20(3,4)5/h17H,6-16H2,1-5H3,(H,21,23)(H,22,24). The second-order valence-corrected chi connectivity index (χ2v) is 7.95. The Hall–Kier alpha value is -1.14. The van der Waals surface area contributed by atoms with E-state index in [4.69, 9.17) is 9.47 Å². The van der Waals surface area contributed by atoms with Crippen LogP contribution in [0.25, 0.3) is 0 Å². The number of rotatable bonds is 15. The van der Waals surface area contributed by atoms with Gasteiger partial charge in [-0.25, -0.2) is 0 Å². The molecule has 0 radical (unpaired) electrons. The van der Waals surface area contributed by atoms with E-state index < -0.39 is 0 Å². The fraction of sp³-hybridized carbons (Fsp3) is 0.900. The molecular weight excluding hydrogens is 332 g/mol. The van der Waals surface area contributed by atoms with Gasteiger partial charge in [0.15, 0.2) is 0 Å². The molecule has 26 heavy (non-hydrogen) atoms. The summed E-state index contributed by atoms with van der Waals surface area (Å²) >= 11 is 0. The minimum Gasteiger partial charge on any atom is -0.381 e. The molecule has 0 aliphatic carbocycles. The molecule has 0 unspecified atom stereocenters. The van der Waals surface area contributed by atoms with E-state index in [1.54, 1.807) is 0 Å². The third-order valence-corrected chi connectivity index (χ3v) is 3.77. The lowest BCUT2D eigenvalue weighted by Crippen LogP contribution is -2.35. The predicted molar refractivity (Wildman–Crippen MR) is 105 cm³/mol. The molecule has 0 aliphatic heterocycles. The fourth-order valence-electron chi connectivity index (χ4n) is 2.10. The normalized spacial score (nSPS) is 11.6. The Bertz CT molecular complexity index is 378. The summed E-state index contributed by atoms with van der Waals surface area (Å²) in [6.45, 7) is 12.7. The predicted octanol–water partition coefficient (Wildman–Crippen LogP) is 3.05. The first-order chi connectivity index (χ1) is 12.2. The van der Waals surface area contributed by atoms with Gasteiger partial charge in [-0.2, -0.15) is 0 Å². The highest BCUT2D eigenvalue weighted by atomic mass is 16.5. The number of carbonyl (C=O) groups excluding carboxylic acids is 2. The van der Waals surface area contributed by atoms with Crippen LogP contribution in [0, 0.1) is 5.41 Å². The van der Waals surface area contributed by atoms with Gasteiger partial charge in [0.25, 0.3) is 0 Å². The van der Waals surface area contributed by atoms with Crippen LogP contribution in [0.4, 0.5) is 0 Å². The number of carbonyl (C=O) groups is 2. The maximum absolute atomic E-state index is 11.7. The first-order valence-electron chi connectivity index (χ1n) is 9.98. The molecule has 0 aromatic rings. The van der Waals surface area contributed by atoms with Gasteiger partial charge in [0, 0.05) is 31.7 Å². The minimum absolute atomic E-state index is 0.0476. The highest BCUT2D eigenvalue weighted by Crippen LogP contribution is 2.12. The van der Waals surface area contributed by atoms with E-state index in [1.807, 2.05) is 34.6 Å². The molecule has 154 valence electrons. The average molecular weight is 373 g/mol. The van der Waals surface area contributed by atoms with Crippen molar-refractivity contribution in [2.75, 3.05) is 32.9 Å². The molecule has 2 N–H and O–H groups in total. The van der Waals surface area contributed by atoms with Gasteiger partial charge < -0.3 is 20.1 Å². The first-order valence-corrected chi connectivity index (χ1v) is 9.98. The highest BCUT2D eigenvalue weighted by molar-refractivity contribution is 5.81. The summed E-state index contributed by atoms with van der Waals surface area (Å²) in [5, 5.41) is 5.81.